The van der Waals surface area contributed by atoms with Gasteiger partial charge in [-0.1, -0.05) is 28.1 Å². The molecule has 3 nitrogen and oxygen atoms in total. The zero-order valence-corrected chi connectivity index (χ0v) is 12.6. The number of fused-ring (bicyclic) bond motifs is 2. The highest BCUT2D eigenvalue weighted by atomic mass is 79.9. The van der Waals surface area contributed by atoms with Crippen molar-refractivity contribution in [3.8, 4) is 0 Å². The van der Waals surface area contributed by atoms with Gasteiger partial charge in [-0.3, -0.25) is 9.69 Å². The minimum absolute atomic E-state index is 0.160. The lowest BCUT2D eigenvalue weighted by atomic mass is 9.89. The van der Waals surface area contributed by atoms with E-state index < -0.39 is 5.97 Å². The van der Waals surface area contributed by atoms with Gasteiger partial charge in [0.15, 0.2) is 0 Å². The molecular weight excluding hydrogens is 306 g/mol. The number of benzene rings is 1. The van der Waals surface area contributed by atoms with Gasteiger partial charge in [-0.15, -0.1) is 0 Å². The maximum Gasteiger partial charge on any atom is 0.308 e. The van der Waals surface area contributed by atoms with E-state index in [1.807, 2.05) is 0 Å². The van der Waals surface area contributed by atoms with E-state index in [1.54, 1.807) is 0 Å². The second-order valence-corrected chi connectivity index (χ2v) is 6.59. The summed E-state index contributed by atoms with van der Waals surface area (Å²) in [6.07, 6.45) is 3.02. The van der Waals surface area contributed by atoms with Crippen molar-refractivity contribution in [1.29, 1.82) is 0 Å². The maximum absolute atomic E-state index is 11.3. The molecule has 2 bridgehead atoms. The average Bonchev–Trinajstić information content (AvgIpc) is 2.91. The first-order valence-corrected chi connectivity index (χ1v) is 7.59. The summed E-state index contributed by atoms with van der Waals surface area (Å²) in [5.41, 5.74) is 2.50. The van der Waals surface area contributed by atoms with Crippen LogP contribution in [-0.4, -0.2) is 28.1 Å². The molecule has 2 aliphatic heterocycles. The van der Waals surface area contributed by atoms with Crippen molar-refractivity contribution in [3.63, 3.8) is 0 Å². The molecule has 3 rings (SSSR count). The zero-order chi connectivity index (χ0) is 13.6. The van der Waals surface area contributed by atoms with Gasteiger partial charge in [0.1, 0.15) is 0 Å². The third-order valence-corrected chi connectivity index (χ3v) is 5.45. The Morgan fingerprint density at radius 2 is 2.26 bits per heavy atom. The van der Waals surface area contributed by atoms with Crippen LogP contribution in [-0.2, 0) is 11.3 Å². The molecule has 0 saturated carbocycles. The Morgan fingerprint density at radius 1 is 1.47 bits per heavy atom. The summed E-state index contributed by atoms with van der Waals surface area (Å²) >= 11 is 3.56. The number of halogens is 1. The molecule has 3 unspecified atom stereocenters. The van der Waals surface area contributed by atoms with Gasteiger partial charge in [0.2, 0.25) is 0 Å². The van der Waals surface area contributed by atoms with Crippen LogP contribution in [0.4, 0.5) is 0 Å². The van der Waals surface area contributed by atoms with Gasteiger partial charge < -0.3 is 5.11 Å². The standard InChI is InChI=1S/C15H18BrNO2/c1-9-2-3-10(6-13(9)16)8-17-11-4-5-14(17)12(7-11)15(18)19/h2-3,6,11-12,14H,4-5,7-8H2,1H3,(H,18,19). The number of carboxylic acid groups (broad SMARTS) is 1. The van der Waals surface area contributed by atoms with Crippen LogP contribution in [0, 0.1) is 12.8 Å². The topological polar surface area (TPSA) is 40.5 Å². The smallest absolute Gasteiger partial charge is 0.308 e. The molecule has 2 aliphatic rings. The Kier molecular flexibility index (Phi) is 3.39. The molecule has 0 spiro atoms. The van der Waals surface area contributed by atoms with Crippen LogP contribution < -0.4 is 0 Å². The van der Waals surface area contributed by atoms with Gasteiger partial charge in [0.25, 0.3) is 0 Å². The summed E-state index contributed by atoms with van der Waals surface area (Å²) in [4.78, 5) is 13.7. The highest BCUT2D eigenvalue weighted by Gasteiger charge is 2.48. The fourth-order valence-electron chi connectivity index (χ4n) is 3.56. The van der Waals surface area contributed by atoms with E-state index >= 15 is 0 Å². The van der Waals surface area contributed by atoms with Crippen LogP contribution in [0.25, 0.3) is 0 Å². The van der Waals surface area contributed by atoms with Crippen molar-refractivity contribution in [3.05, 3.63) is 33.8 Å². The molecule has 3 atom stereocenters. The number of rotatable bonds is 3. The van der Waals surface area contributed by atoms with Crippen molar-refractivity contribution in [2.75, 3.05) is 0 Å². The minimum atomic E-state index is -0.623. The molecular formula is C15H18BrNO2. The Balaban J connectivity index is 1.77. The molecule has 1 aromatic carbocycles. The summed E-state index contributed by atoms with van der Waals surface area (Å²) in [6.45, 7) is 2.95. The van der Waals surface area contributed by atoms with E-state index in [1.165, 1.54) is 11.1 Å². The molecule has 0 radical (unpaired) electrons. The second kappa shape index (κ2) is 4.91. The van der Waals surface area contributed by atoms with Crippen LogP contribution >= 0.6 is 15.9 Å². The second-order valence-electron chi connectivity index (χ2n) is 5.73. The molecule has 2 saturated heterocycles. The number of carboxylic acids is 1. The van der Waals surface area contributed by atoms with Crippen molar-refractivity contribution in [2.45, 2.75) is 44.8 Å². The van der Waals surface area contributed by atoms with Gasteiger partial charge in [0.05, 0.1) is 5.92 Å². The highest BCUT2D eigenvalue weighted by molar-refractivity contribution is 9.10. The molecule has 1 aromatic rings. The Labute approximate surface area is 121 Å². The summed E-state index contributed by atoms with van der Waals surface area (Å²) < 4.78 is 1.13. The molecule has 0 aliphatic carbocycles. The third-order valence-electron chi connectivity index (χ3n) is 4.60. The molecule has 0 aromatic heterocycles. The average molecular weight is 324 g/mol. The monoisotopic (exact) mass is 323 g/mol. The van der Waals surface area contributed by atoms with Gasteiger partial charge in [-0.05, 0) is 43.4 Å². The van der Waals surface area contributed by atoms with Crippen LogP contribution in [0.5, 0.6) is 0 Å². The normalized spacial score (nSPS) is 29.9. The van der Waals surface area contributed by atoms with Crippen molar-refractivity contribution < 1.29 is 9.90 Å². The molecule has 2 fully saturated rings. The lowest BCUT2D eigenvalue weighted by Gasteiger charge is -2.23. The SMILES string of the molecule is Cc1ccc(CN2C3CCC2C(C(=O)O)C3)cc1Br. The number of carbonyl (C=O) groups is 1. The van der Waals surface area contributed by atoms with Crippen molar-refractivity contribution in [1.82, 2.24) is 4.90 Å². The van der Waals surface area contributed by atoms with E-state index in [4.69, 9.17) is 0 Å². The predicted molar refractivity (Wildman–Crippen MR) is 77.0 cm³/mol. The summed E-state index contributed by atoms with van der Waals surface area (Å²) in [7, 11) is 0. The fourth-order valence-corrected chi connectivity index (χ4v) is 3.98. The zero-order valence-electron chi connectivity index (χ0n) is 11.0. The van der Waals surface area contributed by atoms with Crippen LogP contribution in [0.15, 0.2) is 22.7 Å². The lowest BCUT2D eigenvalue weighted by molar-refractivity contribution is -0.142. The first kappa shape index (κ1) is 13.1. The highest BCUT2D eigenvalue weighted by Crippen LogP contribution is 2.42. The number of aryl methyl sites for hydroxylation is 1. The van der Waals surface area contributed by atoms with E-state index in [2.05, 4.69) is 46.0 Å². The Bertz CT molecular complexity index is 517. The first-order chi connectivity index (χ1) is 9.06. The van der Waals surface area contributed by atoms with Gasteiger partial charge in [-0.25, -0.2) is 0 Å². The molecule has 4 heteroatoms. The van der Waals surface area contributed by atoms with E-state index in [9.17, 15) is 9.90 Å². The number of hydrogen-bond donors (Lipinski definition) is 1. The summed E-state index contributed by atoms with van der Waals surface area (Å²) in [5, 5.41) is 9.27. The van der Waals surface area contributed by atoms with Crippen molar-refractivity contribution >= 4 is 21.9 Å². The molecule has 1 N–H and O–H groups in total. The van der Waals surface area contributed by atoms with Gasteiger partial charge >= 0.3 is 5.97 Å². The van der Waals surface area contributed by atoms with E-state index in [-0.39, 0.29) is 12.0 Å². The third kappa shape index (κ3) is 2.32. The van der Waals surface area contributed by atoms with Crippen LogP contribution in [0.1, 0.15) is 30.4 Å². The summed E-state index contributed by atoms with van der Waals surface area (Å²) in [6, 6.07) is 7.12. The molecule has 102 valence electrons. The van der Waals surface area contributed by atoms with Gasteiger partial charge in [0, 0.05) is 23.1 Å². The number of hydrogen-bond acceptors (Lipinski definition) is 2. The number of nitrogens with zero attached hydrogens (tertiary/aromatic N) is 1. The molecule has 0 amide bonds. The largest absolute Gasteiger partial charge is 0.481 e. The number of aliphatic carboxylic acids is 1. The van der Waals surface area contributed by atoms with E-state index in [0.29, 0.717) is 6.04 Å². The molecule has 19 heavy (non-hydrogen) atoms. The first-order valence-electron chi connectivity index (χ1n) is 6.80. The van der Waals surface area contributed by atoms with Gasteiger partial charge in [-0.2, -0.15) is 0 Å². The van der Waals surface area contributed by atoms with Crippen LogP contribution in [0.3, 0.4) is 0 Å². The predicted octanol–water partition coefficient (Wildman–Crippen LogP) is 3.20. The minimum Gasteiger partial charge on any atom is -0.481 e. The summed E-state index contributed by atoms with van der Waals surface area (Å²) in [5.74, 6) is -0.782. The van der Waals surface area contributed by atoms with Crippen LogP contribution in [0.2, 0.25) is 0 Å². The Morgan fingerprint density at radius 3 is 2.89 bits per heavy atom. The Hall–Kier alpha value is -0.870. The quantitative estimate of drug-likeness (QED) is 0.928. The fraction of sp³-hybridized carbons (Fsp3) is 0.533. The maximum atomic E-state index is 11.3. The van der Waals surface area contributed by atoms with Crippen molar-refractivity contribution in [2.24, 2.45) is 5.92 Å². The lowest BCUT2D eigenvalue weighted by Crippen LogP contribution is -2.32. The molecule has 2 heterocycles. The van der Waals surface area contributed by atoms with E-state index in [0.717, 1.165) is 30.3 Å².